The number of imidazole rings is 1. The lowest BCUT2D eigenvalue weighted by Gasteiger charge is -2.12. The molecular weight excluding hydrogens is 194 g/mol. The van der Waals surface area contributed by atoms with Gasteiger partial charge in [0, 0.05) is 18.3 Å². The summed E-state index contributed by atoms with van der Waals surface area (Å²) in [6, 6.07) is 0. The molecule has 0 radical (unpaired) electrons. The van der Waals surface area contributed by atoms with Gasteiger partial charge in [-0.2, -0.15) is 0 Å². The molecule has 0 aromatic carbocycles. The SMILES string of the molecule is CCCn1cncc1C1NCC(C)S1. The van der Waals surface area contributed by atoms with Gasteiger partial charge in [-0.1, -0.05) is 13.8 Å². The van der Waals surface area contributed by atoms with E-state index in [-0.39, 0.29) is 0 Å². The van der Waals surface area contributed by atoms with Crippen LogP contribution in [-0.2, 0) is 6.54 Å². The summed E-state index contributed by atoms with van der Waals surface area (Å²) in [6.07, 6.45) is 5.08. The Bertz CT molecular complexity index is 297. The summed E-state index contributed by atoms with van der Waals surface area (Å²) in [4.78, 5) is 4.22. The minimum atomic E-state index is 0.444. The van der Waals surface area contributed by atoms with Crippen molar-refractivity contribution in [1.29, 1.82) is 0 Å². The van der Waals surface area contributed by atoms with E-state index in [1.165, 1.54) is 5.69 Å². The molecule has 2 unspecified atom stereocenters. The lowest BCUT2D eigenvalue weighted by Crippen LogP contribution is -2.16. The molecule has 0 amide bonds. The molecule has 1 fully saturated rings. The van der Waals surface area contributed by atoms with Gasteiger partial charge in [-0.15, -0.1) is 11.8 Å². The van der Waals surface area contributed by atoms with Crippen molar-refractivity contribution >= 4 is 11.8 Å². The normalized spacial score (nSPS) is 27.0. The van der Waals surface area contributed by atoms with Gasteiger partial charge in [0.15, 0.2) is 0 Å². The largest absolute Gasteiger partial charge is 0.332 e. The van der Waals surface area contributed by atoms with Crippen LogP contribution >= 0.6 is 11.8 Å². The lowest BCUT2D eigenvalue weighted by atomic mass is 10.4. The highest BCUT2D eigenvalue weighted by molar-refractivity contribution is 8.00. The van der Waals surface area contributed by atoms with Crippen molar-refractivity contribution in [1.82, 2.24) is 14.9 Å². The Morgan fingerprint density at radius 2 is 2.57 bits per heavy atom. The third-order valence-corrected chi connectivity index (χ3v) is 3.75. The highest BCUT2D eigenvalue weighted by atomic mass is 32.2. The summed E-state index contributed by atoms with van der Waals surface area (Å²) in [5.74, 6) is 0. The Hall–Kier alpha value is -0.480. The molecule has 2 rings (SSSR count). The number of nitrogens with zero attached hydrogens (tertiary/aromatic N) is 2. The molecule has 0 bridgehead atoms. The van der Waals surface area contributed by atoms with Gasteiger partial charge in [-0.05, 0) is 6.42 Å². The number of aryl methyl sites for hydroxylation is 1. The number of nitrogens with one attached hydrogen (secondary N) is 1. The fourth-order valence-corrected chi connectivity index (χ4v) is 2.94. The van der Waals surface area contributed by atoms with E-state index in [1.807, 2.05) is 24.3 Å². The van der Waals surface area contributed by atoms with E-state index >= 15 is 0 Å². The molecule has 4 heteroatoms. The summed E-state index contributed by atoms with van der Waals surface area (Å²) >= 11 is 1.99. The number of thioether (sulfide) groups is 1. The molecule has 14 heavy (non-hydrogen) atoms. The summed E-state index contributed by atoms with van der Waals surface area (Å²) in [6.45, 7) is 6.63. The maximum atomic E-state index is 4.22. The average molecular weight is 211 g/mol. The molecule has 2 atom stereocenters. The zero-order chi connectivity index (χ0) is 9.97. The van der Waals surface area contributed by atoms with Crippen LogP contribution in [0, 0.1) is 0 Å². The van der Waals surface area contributed by atoms with Crippen LogP contribution in [-0.4, -0.2) is 21.3 Å². The van der Waals surface area contributed by atoms with Crippen molar-refractivity contribution in [3.63, 3.8) is 0 Å². The van der Waals surface area contributed by atoms with E-state index in [9.17, 15) is 0 Å². The van der Waals surface area contributed by atoms with Crippen LogP contribution in [0.3, 0.4) is 0 Å². The summed E-state index contributed by atoms with van der Waals surface area (Å²) in [7, 11) is 0. The van der Waals surface area contributed by atoms with E-state index < -0.39 is 0 Å². The van der Waals surface area contributed by atoms with Gasteiger partial charge in [0.2, 0.25) is 0 Å². The molecular formula is C10H17N3S. The quantitative estimate of drug-likeness (QED) is 0.829. The maximum absolute atomic E-state index is 4.22. The zero-order valence-corrected chi connectivity index (χ0v) is 9.55. The van der Waals surface area contributed by atoms with Gasteiger partial charge in [-0.25, -0.2) is 4.98 Å². The molecule has 0 spiro atoms. The maximum Gasteiger partial charge on any atom is 0.0961 e. The Kier molecular flexibility index (Phi) is 3.13. The summed E-state index contributed by atoms with van der Waals surface area (Å²) in [5, 5.41) is 4.67. The van der Waals surface area contributed by atoms with Crippen LogP contribution in [0.2, 0.25) is 0 Å². The number of aromatic nitrogens is 2. The predicted molar refractivity (Wildman–Crippen MR) is 60.3 cm³/mol. The summed E-state index contributed by atoms with van der Waals surface area (Å²) in [5.41, 5.74) is 1.32. The molecule has 0 aliphatic carbocycles. The standard InChI is InChI=1S/C10H17N3S/c1-3-4-13-7-11-6-9(13)10-12-5-8(2)14-10/h6-8,10,12H,3-5H2,1-2H3. The molecule has 1 aliphatic heterocycles. The average Bonchev–Trinajstić information content (AvgIpc) is 2.74. The van der Waals surface area contributed by atoms with E-state index in [1.54, 1.807) is 0 Å². The van der Waals surface area contributed by atoms with E-state index in [2.05, 4.69) is 28.7 Å². The van der Waals surface area contributed by atoms with Crippen LogP contribution in [0.1, 0.15) is 31.3 Å². The number of rotatable bonds is 3. The summed E-state index contributed by atoms with van der Waals surface area (Å²) < 4.78 is 2.25. The Morgan fingerprint density at radius 1 is 1.71 bits per heavy atom. The second-order valence-corrected chi connectivity index (χ2v) is 5.30. The minimum absolute atomic E-state index is 0.444. The highest BCUT2D eigenvalue weighted by Gasteiger charge is 2.24. The van der Waals surface area contributed by atoms with E-state index in [4.69, 9.17) is 0 Å². The minimum Gasteiger partial charge on any atom is -0.332 e. The molecule has 78 valence electrons. The first kappa shape index (κ1) is 10.1. The van der Waals surface area contributed by atoms with Crippen LogP contribution in [0.4, 0.5) is 0 Å². The van der Waals surface area contributed by atoms with Crippen LogP contribution < -0.4 is 5.32 Å². The van der Waals surface area contributed by atoms with Crippen LogP contribution in [0.25, 0.3) is 0 Å². The first-order valence-electron chi connectivity index (χ1n) is 5.20. The van der Waals surface area contributed by atoms with Crippen molar-refractivity contribution in [2.45, 2.75) is 37.4 Å². The topological polar surface area (TPSA) is 29.9 Å². The monoisotopic (exact) mass is 211 g/mol. The second kappa shape index (κ2) is 4.36. The lowest BCUT2D eigenvalue weighted by molar-refractivity contribution is 0.611. The van der Waals surface area contributed by atoms with E-state index in [0.29, 0.717) is 10.6 Å². The zero-order valence-electron chi connectivity index (χ0n) is 8.73. The second-order valence-electron chi connectivity index (χ2n) is 3.75. The number of hydrogen-bond acceptors (Lipinski definition) is 3. The molecule has 3 nitrogen and oxygen atoms in total. The third kappa shape index (κ3) is 1.96. The van der Waals surface area contributed by atoms with Gasteiger partial charge in [0.25, 0.3) is 0 Å². The predicted octanol–water partition coefficient (Wildman–Crippen LogP) is 2.02. The Balaban J connectivity index is 2.11. The number of hydrogen-bond donors (Lipinski definition) is 1. The van der Waals surface area contributed by atoms with Crippen molar-refractivity contribution in [3.8, 4) is 0 Å². The molecule has 0 saturated carbocycles. The van der Waals surface area contributed by atoms with Crippen LogP contribution in [0.15, 0.2) is 12.5 Å². The van der Waals surface area contributed by atoms with Crippen molar-refractivity contribution < 1.29 is 0 Å². The van der Waals surface area contributed by atoms with Gasteiger partial charge in [0.1, 0.15) is 0 Å². The third-order valence-electron chi connectivity index (χ3n) is 2.44. The smallest absolute Gasteiger partial charge is 0.0961 e. The van der Waals surface area contributed by atoms with Gasteiger partial charge < -0.3 is 4.57 Å². The molecule has 1 aromatic rings. The first-order chi connectivity index (χ1) is 6.81. The molecule has 2 heterocycles. The van der Waals surface area contributed by atoms with Crippen molar-refractivity contribution in [3.05, 3.63) is 18.2 Å². The van der Waals surface area contributed by atoms with Crippen LogP contribution in [0.5, 0.6) is 0 Å². The first-order valence-corrected chi connectivity index (χ1v) is 6.14. The molecule has 1 aromatic heterocycles. The molecule has 1 N–H and O–H groups in total. The molecule has 1 saturated heterocycles. The Labute approximate surface area is 89.3 Å². The van der Waals surface area contributed by atoms with Crippen molar-refractivity contribution in [2.75, 3.05) is 6.54 Å². The van der Waals surface area contributed by atoms with E-state index in [0.717, 1.165) is 19.5 Å². The fraction of sp³-hybridized carbons (Fsp3) is 0.700. The molecule has 1 aliphatic rings. The van der Waals surface area contributed by atoms with Gasteiger partial charge >= 0.3 is 0 Å². The van der Waals surface area contributed by atoms with Gasteiger partial charge in [-0.3, -0.25) is 5.32 Å². The van der Waals surface area contributed by atoms with Crippen molar-refractivity contribution in [2.24, 2.45) is 0 Å². The Morgan fingerprint density at radius 3 is 3.21 bits per heavy atom. The van der Waals surface area contributed by atoms with Gasteiger partial charge in [0.05, 0.1) is 23.6 Å². The fourth-order valence-electron chi connectivity index (χ4n) is 1.75. The highest BCUT2D eigenvalue weighted by Crippen LogP contribution is 2.34.